The Kier molecular flexibility index (Phi) is 3.72. The minimum atomic E-state index is -0.0139. The highest BCUT2D eigenvalue weighted by atomic mass is 16.5. The van der Waals surface area contributed by atoms with E-state index in [0.717, 1.165) is 29.5 Å². The molecule has 1 N–H and O–H groups in total. The molecule has 3 heterocycles. The molecular formula is C18H19N3O3. The third-order valence-electron chi connectivity index (χ3n) is 4.56. The lowest BCUT2D eigenvalue weighted by molar-refractivity contribution is 0.0596. The van der Waals surface area contributed by atoms with Crippen molar-refractivity contribution in [3.05, 3.63) is 48.0 Å². The summed E-state index contributed by atoms with van der Waals surface area (Å²) in [6, 6.07) is 8.04. The summed E-state index contributed by atoms with van der Waals surface area (Å²) in [5.74, 6) is 1.45. The van der Waals surface area contributed by atoms with E-state index in [1.807, 2.05) is 35.4 Å². The normalized spacial score (nSPS) is 15.8. The molecule has 6 nitrogen and oxygen atoms in total. The second-order valence-corrected chi connectivity index (χ2v) is 6.10. The number of H-pyrrole nitrogens is 1. The molecule has 3 aromatic rings. The predicted octanol–water partition coefficient (Wildman–Crippen LogP) is 3.15. The van der Waals surface area contributed by atoms with Gasteiger partial charge in [-0.1, -0.05) is 11.2 Å². The maximum absolute atomic E-state index is 12.5. The Bertz CT molecular complexity index is 859. The number of amides is 1. The molecule has 0 radical (unpaired) electrons. The van der Waals surface area contributed by atoms with Gasteiger partial charge in [-0.15, -0.1) is 0 Å². The van der Waals surface area contributed by atoms with Gasteiger partial charge in [0, 0.05) is 43.0 Å². The molecule has 124 valence electrons. The highest BCUT2D eigenvalue weighted by Crippen LogP contribution is 2.28. The molecule has 0 unspecified atom stereocenters. The van der Waals surface area contributed by atoms with E-state index in [1.165, 1.54) is 6.20 Å². The van der Waals surface area contributed by atoms with Crippen LogP contribution < -0.4 is 4.74 Å². The van der Waals surface area contributed by atoms with E-state index < -0.39 is 0 Å². The number of aromatic amines is 1. The van der Waals surface area contributed by atoms with Gasteiger partial charge in [0.05, 0.1) is 6.20 Å². The zero-order chi connectivity index (χ0) is 16.5. The van der Waals surface area contributed by atoms with E-state index >= 15 is 0 Å². The molecule has 1 aliphatic rings. The number of piperidine rings is 1. The number of nitrogens with zero attached hydrogens (tertiary/aromatic N) is 2. The molecular weight excluding hydrogens is 306 g/mol. The summed E-state index contributed by atoms with van der Waals surface area (Å²) in [6.07, 6.45) is 5.17. The summed E-state index contributed by atoms with van der Waals surface area (Å²) >= 11 is 0. The smallest absolute Gasteiger partial charge is 0.259 e. The van der Waals surface area contributed by atoms with Gasteiger partial charge in [0.1, 0.15) is 23.2 Å². The lowest BCUT2D eigenvalue weighted by atomic mass is 10.1. The largest absolute Gasteiger partial charge is 0.490 e. The standard InChI is InChI=1S/C18H19N3O3/c1-12-15(11-20-24-12)18(22)21-9-6-13(7-10-21)23-17-4-2-3-16-14(17)5-8-19-16/h2-5,8,11,13,19H,6-7,9-10H2,1H3. The molecule has 0 aliphatic carbocycles. The summed E-state index contributed by atoms with van der Waals surface area (Å²) in [4.78, 5) is 17.5. The highest BCUT2D eigenvalue weighted by molar-refractivity contribution is 5.94. The first-order valence-electron chi connectivity index (χ1n) is 8.15. The number of aryl methyl sites for hydroxylation is 1. The third-order valence-corrected chi connectivity index (χ3v) is 4.56. The molecule has 4 rings (SSSR count). The van der Waals surface area contributed by atoms with Crippen LogP contribution in [-0.2, 0) is 0 Å². The minimum absolute atomic E-state index is 0.0139. The van der Waals surface area contributed by atoms with Gasteiger partial charge >= 0.3 is 0 Å². The first-order valence-corrected chi connectivity index (χ1v) is 8.15. The summed E-state index contributed by atoms with van der Waals surface area (Å²) in [6.45, 7) is 3.11. The van der Waals surface area contributed by atoms with Crippen molar-refractivity contribution in [3.63, 3.8) is 0 Å². The van der Waals surface area contributed by atoms with Crippen LogP contribution in [0.2, 0.25) is 0 Å². The second kappa shape index (κ2) is 6.03. The van der Waals surface area contributed by atoms with Crippen molar-refractivity contribution in [3.8, 4) is 5.75 Å². The van der Waals surface area contributed by atoms with Gasteiger partial charge in [0.15, 0.2) is 0 Å². The number of aromatic nitrogens is 2. The van der Waals surface area contributed by atoms with Crippen molar-refractivity contribution in [1.82, 2.24) is 15.0 Å². The average molecular weight is 325 g/mol. The van der Waals surface area contributed by atoms with Crippen molar-refractivity contribution in [2.45, 2.75) is 25.9 Å². The topological polar surface area (TPSA) is 71.4 Å². The van der Waals surface area contributed by atoms with Crippen LogP contribution in [0, 0.1) is 6.92 Å². The molecule has 24 heavy (non-hydrogen) atoms. The Labute approximate surface area is 139 Å². The molecule has 1 saturated heterocycles. The van der Waals surface area contributed by atoms with Gasteiger partial charge in [-0.3, -0.25) is 4.79 Å². The lowest BCUT2D eigenvalue weighted by Gasteiger charge is -2.32. The summed E-state index contributed by atoms with van der Waals surface area (Å²) in [5, 5.41) is 4.78. The SMILES string of the molecule is Cc1oncc1C(=O)N1CCC(Oc2cccc3[nH]ccc23)CC1. The summed E-state index contributed by atoms with van der Waals surface area (Å²) in [7, 11) is 0. The maximum atomic E-state index is 12.5. The zero-order valence-corrected chi connectivity index (χ0v) is 13.5. The fourth-order valence-corrected chi connectivity index (χ4v) is 3.19. The lowest BCUT2D eigenvalue weighted by Crippen LogP contribution is -2.41. The first-order chi connectivity index (χ1) is 11.7. The summed E-state index contributed by atoms with van der Waals surface area (Å²) in [5.41, 5.74) is 1.62. The van der Waals surface area contributed by atoms with Crippen molar-refractivity contribution in [2.24, 2.45) is 0 Å². The van der Waals surface area contributed by atoms with Gasteiger partial charge < -0.3 is 19.1 Å². The number of carbonyl (C=O) groups is 1. The number of fused-ring (bicyclic) bond motifs is 1. The molecule has 2 aromatic heterocycles. The zero-order valence-electron chi connectivity index (χ0n) is 13.5. The number of nitrogens with one attached hydrogen (secondary N) is 1. The number of hydrogen-bond donors (Lipinski definition) is 1. The van der Waals surface area contributed by atoms with E-state index in [2.05, 4.69) is 10.1 Å². The number of likely N-dealkylation sites (tertiary alicyclic amines) is 1. The molecule has 0 saturated carbocycles. The number of benzene rings is 1. The van der Waals surface area contributed by atoms with E-state index in [9.17, 15) is 4.79 Å². The van der Waals surface area contributed by atoms with E-state index in [4.69, 9.17) is 9.26 Å². The Morgan fingerprint density at radius 3 is 2.92 bits per heavy atom. The number of carbonyl (C=O) groups excluding carboxylic acids is 1. The monoisotopic (exact) mass is 325 g/mol. The van der Waals surface area contributed by atoms with Gasteiger partial charge in [0.2, 0.25) is 0 Å². The molecule has 1 amide bonds. The van der Waals surface area contributed by atoms with Crippen LogP contribution >= 0.6 is 0 Å². The molecule has 1 aromatic carbocycles. The van der Waals surface area contributed by atoms with E-state index in [0.29, 0.717) is 24.4 Å². The average Bonchev–Trinajstić information content (AvgIpc) is 3.24. The number of ether oxygens (including phenoxy) is 1. The molecule has 1 aliphatic heterocycles. The van der Waals surface area contributed by atoms with Gasteiger partial charge in [-0.25, -0.2) is 0 Å². The third kappa shape index (κ3) is 2.64. The van der Waals surface area contributed by atoms with Crippen LogP contribution in [0.4, 0.5) is 0 Å². The second-order valence-electron chi connectivity index (χ2n) is 6.10. The Hall–Kier alpha value is -2.76. The van der Waals surface area contributed by atoms with Crippen molar-refractivity contribution >= 4 is 16.8 Å². The van der Waals surface area contributed by atoms with Crippen molar-refractivity contribution in [1.29, 1.82) is 0 Å². The number of hydrogen-bond acceptors (Lipinski definition) is 4. The van der Waals surface area contributed by atoms with Crippen LogP contribution in [0.1, 0.15) is 29.0 Å². The van der Waals surface area contributed by atoms with E-state index in [1.54, 1.807) is 6.92 Å². The first kappa shape index (κ1) is 14.8. The molecule has 0 atom stereocenters. The quantitative estimate of drug-likeness (QED) is 0.803. The highest BCUT2D eigenvalue weighted by Gasteiger charge is 2.27. The van der Waals surface area contributed by atoms with Crippen LogP contribution in [0.3, 0.4) is 0 Å². The fourth-order valence-electron chi connectivity index (χ4n) is 3.19. The van der Waals surface area contributed by atoms with Crippen LogP contribution in [-0.4, -0.2) is 40.1 Å². The Morgan fingerprint density at radius 2 is 2.17 bits per heavy atom. The van der Waals surface area contributed by atoms with Gasteiger partial charge in [0.25, 0.3) is 5.91 Å². The van der Waals surface area contributed by atoms with Gasteiger partial charge in [-0.05, 0) is 25.1 Å². The predicted molar refractivity (Wildman–Crippen MR) is 89.1 cm³/mol. The fraction of sp³-hybridized carbons (Fsp3) is 0.333. The van der Waals surface area contributed by atoms with E-state index in [-0.39, 0.29) is 12.0 Å². The minimum Gasteiger partial charge on any atom is -0.490 e. The number of rotatable bonds is 3. The van der Waals surface area contributed by atoms with Crippen molar-refractivity contribution in [2.75, 3.05) is 13.1 Å². The van der Waals surface area contributed by atoms with Crippen LogP contribution in [0.5, 0.6) is 5.75 Å². The Balaban J connectivity index is 1.41. The maximum Gasteiger partial charge on any atom is 0.259 e. The molecule has 1 fully saturated rings. The van der Waals surface area contributed by atoms with Crippen molar-refractivity contribution < 1.29 is 14.1 Å². The van der Waals surface area contributed by atoms with Gasteiger partial charge in [-0.2, -0.15) is 0 Å². The van der Waals surface area contributed by atoms with Crippen LogP contribution in [0.15, 0.2) is 41.2 Å². The molecule has 6 heteroatoms. The summed E-state index contributed by atoms with van der Waals surface area (Å²) < 4.78 is 11.2. The Morgan fingerprint density at radius 1 is 1.33 bits per heavy atom. The molecule has 0 bridgehead atoms. The van der Waals surface area contributed by atoms with Crippen LogP contribution in [0.25, 0.3) is 10.9 Å². The molecule has 0 spiro atoms.